The number of hydrogen-bond donors (Lipinski definition) is 1. The quantitative estimate of drug-likeness (QED) is 0.501. The molecule has 22 heavy (non-hydrogen) atoms. The summed E-state index contributed by atoms with van der Waals surface area (Å²) in [5, 5.41) is 0.741. The van der Waals surface area contributed by atoms with Crippen molar-refractivity contribution in [3.8, 4) is 0 Å². The lowest BCUT2D eigenvalue weighted by Crippen LogP contribution is -2.24. The van der Waals surface area contributed by atoms with E-state index in [4.69, 9.17) is 10.5 Å². The highest BCUT2D eigenvalue weighted by Gasteiger charge is 2.17. The molecular formula is C15H23N5OS. The topological polar surface area (TPSA) is 78.8 Å². The summed E-state index contributed by atoms with van der Waals surface area (Å²) in [5.41, 5.74) is 7.55. The molecule has 7 heteroatoms. The van der Waals surface area contributed by atoms with Crippen LogP contribution in [0, 0.1) is 0 Å². The fourth-order valence-electron chi connectivity index (χ4n) is 2.62. The first-order valence-electron chi connectivity index (χ1n) is 8.00. The van der Waals surface area contributed by atoms with Crippen molar-refractivity contribution in [2.24, 2.45) is 0 Å². The predicted octanol–water partition coefficient (Wildman–Crippen LogP) is 2.87. The molecule has 1 unspecified atom stereocenters. The maximum atomic E-state index is 6.04. The van der Waals surface area contributed by atoms with Crippen LogP contribution in [0.3, 0.4) is 0 Å². The molecule has 1 atom stereocenters. The molecule has 3 heterocycles. The van der Waals surface area contributed by atoms with E-state index in [1.165, 1.54) is 12.8 Å². The lowest BCUT2D eigenvalue weighted by Gasteiger charge is -2.22. The second-order valence-corrected chi connectivity index (χ2v) is 6.71. The average molecular weight is 321 g/mol. The number of fused-ring (bicyclic) bond motifs is 1. The van der Waals surface area contributed by atoms with Gasteiger partial charge in [0.1, 0.15) is 5.52 Å². The summed E-state index contributed by atoms with van der Waals surface area (Å²) in [6.07, 6.45) is 7.86. The summed E-state index contributed by atoms with van der Waals surface area (Å²) < 4.78 is 7.86. The summed E-state index contributed by atoms with van der Waals surface area (Å²) in [7, 11) is 0. The highest BCUT2D eigenvalue weighted by molar-refractivity contribution is 7.99. The Morgan fingerprint density at radius 2 is 2.32 bits per heavy atom. The van der Waals surface area contributed by atoms with Gasteiger partial charge in [0.25, 0.3) is 0 Å². The van der Waals surface area contributed by atoms with Crippen LogP contribution in [-0.4, -0.2) is 38.0 Å². The number of nitrogens with two attached hydrogens (primary N) is 1. The molecule has 3 rings (SSSR count). The lowest BCUT2D eigenvalue weighted by molar-refractivity contribution is 0.00651. The Kier molecular flexibility index (Phi) is 5.15. The van der Waals surface area contributed by atoms with Crippen molar-refractivity contribution < 1.29 is 4.74 Å². The number of nitrogens with zero attached hydrogens (tertiary/aromatic N) is 4. The molecular weight excluding hydrogens is 298 g/mol. The Morgan fingerprint density at radius 3 is 3.09 bits per heavy atom. The van der Waals surface area contributed by atoms with E-state index in [0.717, 1.165) is 49.0 Å². The van der Waals surface area contributed by atoms with Crippen LogP contribution >= 0.6 is 11.8 Å². The van der Waals surface area contributed by atoms with Gasteiger partial charge in [-0.25, -0.2) is 15.0 Å². The minimum atomic E-state index is 0.249. The molecule has 0 bridgehead atoms. The molecule has 1 aliphatic heterocycles. The van der Waals surface area contributed by atoms with E-state index in [9.17, 15) is 0 Å². The van der Waals surface area contributed by atoms with Crippen LogP contribution in [0.4, 0.5) is 5.82 Å². The van der Waals surface area contributed by atoms with E-state index >= 15 is 0 Å². The smallest absolute Gasteiger partial charge is 0.191 e. The number of nitrogen functional groups attached to an aromatic ring is 1. The van der Waals surface area contributed by atoms with Gasteiger partial charge < -0.3 is 15.0 Å². The molecule has 1 fully saturated rings. The number of thioether (sulfide) groups is 1. The average Bonchev–Trinajstić information content (AvgIpc) is 2.92. The van der Waals surface area contributed by atoms with Crippen LogP contribution in [0.2, 0.25) is 0 Å². The molecule has 2 aromatic heterocycles. The van der Waals surface area contributed by atoms with Crippen LogP contribution in [0.25, 0.3) is 11.2 Å². The van der Waals surface area contributed by atoms with Crippen molar-refractivity contribution in [1.82, 2.24) is 19.5 Å². The van der Waals surface area contributed by atoms with Gasteiger partial charge >= 0.3 is 0 Å². The van der Waals surface area contributed by atoms with Crippen LogP contribution in [0.5, 0.6) is 0 Å². The molecule has 2 N–H and O–H groups in total. The van der Waals surface area contributed by atoms with Crippen molar-refractivity contribution in [3.63, 3.8) is 0 Å². The molecule has 0 spiro atoms. The van der Waals surface area contributed by atoms with E-state index < -0.39 is 0 Å². The molecule has 2 aromatic rings. The number of rotatable bonds is 6. The third kappa shape index (κ3) is 3.52. The van der Waals surface area contributed by atoms with E-state index in [1.54, 1.807) is 18.1 Å². The summed E-state index contributed by atoms with van der Waals surface area (Å²) in [4.78, 5) is 13.4. The first-order chi connectivity index (χ1) is 10.8. The second-order valence-electron chi connectivity index (χ2n) is 5.65. The molecule has 0 aromatic carbocycles. The number of ether oxygens (including phenoxy) is 1. The van der Waals surface area contributed by atoms with Gasteiger partial charge in [-0.15, -0.1) is 0 Å². The van der Waals surface area contributed by atoms with Crippen molar-refractivity contribution >= 4 is 28.7 Å². The zero-order valence-corrected chi connectivity index (χ0v) is 13.8. The zero-order valence-electron chi connectivity index (χ0n) is 13.0. The van der Waals surface area contributed by atoms with Gasteiger partial charge in [-0.1, -0.05) is 25.1 Å². The molecule has 0 saturated carbocycles. The first-order valence-corrected chi connectivity index (χ1v) is 8.99. The lowest BCUT2D eigenvalue weighted by atomic mass is 10.1. The number of aromatic nitrogens is 4. The molecule has 1 aliphatic rings. The van der Waals surface area contributed by atoms with E-state index in [2.05, 4.69) is 21.9 Å². The van der Waals surface area contributed by atoms with Crippen LogP contribution in [0.15, 0.2) is 11.5 Å². The third-order valence-electron chi connectivity index (χ3n) is 3.87. The summed E-state index contributed by atoms with van der Waals surface area (Å²) >= 11 is 1.66. The Balaban J connectivity index is 1.80. The number of unbranched alkanes of at least 4 members (excludes halogenated alkanes) is 1. The maximum Gasteiger partial charge on any atom is 0.191 e. The van der Waals surface area contributed by atoms with E-state index in [0.29, 0.717) is 11.3 Å². The van der Waals surface area contributed by atoms with Crippen molar-refractivity contribution in [1.29, 1.82) is 0 Å². The van der Waals surface area contributed by atoms with Gasteiger partial charge in [-0.2, -0.15) is 0 Å². The van der Waals surface area contributed by atoms with Gasteiger partial charge in [0.15, 0.2) is 16.6 Å². The fraction of sp³-hybridized carbons (Fsp3) is 0.667. The van der Waals surface area contributed by atoms with E-state index in [-0.39, 0.29) is 6.10 Å². The molecule has 0 amide bonds. The molecule has 0 radical (unpaired) electrons. The SMILES string of the molecule is CCCCSc1nc(N)c2ncn(CC3CCCCO3)c2n1. The van der Waals surface area contributed by atoms with Crippen molar-refractivity contribution in [2.75, 3.05) is 18.1 Å². The molecule has 1 saturated heterocycles. The number of imidazole rings is 1. The minimum Gasteiger partial charge on any atom is -0.382 e. The monoisotopic (exact) mass is 321 g/mol. The minimum absolute atomic E-state index is 0.249. The Labute approximate surface area is 134 Å². The predicted molar refractivity (Wildman–Crippen MR) is 89.0 cm³/mol. The maximum absolute atomic E-state index is 6.04. The van der Waals surface area contributed by atoms with Crippen LogP contribution in [-0.2, 0) is 11.3 Å². The molecule has 0 aliphatic carbocycles. The standard InChI is InChI=1S/C15H23N5OS/c1-2-3-8-22-15-18-13(16)12-14(19-15)20(10-17-12)9-11-6-4-5-7-21-11/h10-11H,2-9H2,1H3,(H2,16,18,19). The first kappa shape index (κ1) is 15.6. The van der Waals surface area contributed by atoms with Crippen molar-refractivity contribution in [2.45, 2.75) is 56.8 Å². The van der Waals surface area contributed by atoms with Crippen molar-refractivity contribution in [3.05, 3.63) is 6.33 Å². The Morgan fingerprint density at radius 1 is 1.41 bits per heavy atom. The van der Waals surface area contributed by atoms with Gasteiger partial charge in [0.2, 0.25) is 0 Å². The molecule has 6 nitrogen and oxygen atoms in total. The van der Waals surface area contributed by atoms with Crippen LogP contribution < -0.4 is 5.73 Å². The van der Waals surface area contributed by atoms with Gasteiger partial charge in [-0.05, 0) is 25.7 Å². The third-order valence-corrected chi connectivity index (χ3v) is 4.81. The summed E-state index contributed by atoms with van der Waals surface area (Å²) in [6, 6.07) is 0. The number of hydrogen-bond acceptors (Lipinski definition) is 6. The largest absolute Gasteiger partial charge is 0.382 e. The van der Waals surface area contributed by atoms with E-state index in [1.807, 2.05) is 4.57 Å². The zero-order chi connectivity index (χ0) is 15.4. The normalized spacial score (nSPS) is 18.9. The van der Waals surface area contributed by atoms with Gasteiger partial charge in [0, 0.05) is 12.4 Å². The summed E-state index contributed by atoms with van der Waals surface area (Å²) in [5.74, 6) is 1.48. The molecule has 120 valence electrons. The fourth-order valence-corrected chi connectivity index (χ4v) is 3.55. The van der Waals surface area contributed by atoms with Gasteiger partial charge in [-0.3, -0.25) is 0 Å². The second kappa shape index (κ2) is 7.28. The Bertz CT molecular complexity index is 624. The highest BCUT2D eigenvalue weighted by atomic mass is 32.2. The van der Waals surface area contributed by atoms with Crippen LogP contribution in [0.1, 0.15) is 39.0 Å². The number of anilines is 1. The Hall–Kier alpha value is -1.34. The van der Waals surface area contributed by atoms with Gasteiger partial charge in [0.05, 0.1) is 19.0 Å². The summed E-state index contributed by atoms with van der Waals surface area (Å²) in [6.45, 7) is 3.82. The highest BCUT2D eigenvalue weighted by Crippen LogP contribution is 2.23.